The summed E-state index contributed by atoms with van der Waals surface area (Å²) in [4.78, 5) is 14.8. The van der Waals surface area contributed by atoms with Gasteiger partial charge < -0.3 is 15.4 Å². The Hall–Kier alpha value is -4.35. The number of nitrogens with one attached hydrogen (secondary N) is 1. The normalized spacial score (nSPS) is 12.7. The van der Waals surface area contributed by atoms with Gasteiger partial charge in [0.05, 0.1) is 5.71 Å². The Labute approximate surface area is 238 Å². The third kappa shape index (κ3) is 6.58. The Balaban J connectivity index is 1.96. The largest absolute Gasteiger partial charge is 0.435 e. The van der Waals surface area contributed by atoms with Gasteiger partial charge in [0.1, 0.15) is 0 Å². The van der Waals surface area contributed by atoms with Gasteiger partial charge in [-0.1, -0.05) is 54.2 Å². The van der Waals surface area contributed by atoms with E-state index in [-0.39, 0.29) is 41.4 Å². The predicted octanol–water partition coefficient (Wildman–Crippen LogP) is 8.56. The standard InChI is InChI=1S/C30H28F7N3O2/c1-18-15-24(28(31,29(32,33)34)30(35,36)37)16-19(2)26(18)38-21(4)23-11-8-12-25(17-23)40(14-13-20(3)39-42)27(41)22-9-6-5-7-10-22/h5-12,15-17,38,42H,4,13-14H2,1-3H3/b39-20+. The van der Waals surface area contributed by atoms with Crippen LogP contribution in [-0.2, 0) is 5.67 Å². The summed E-state index contributed by atoms with van der Waals surface area (Å²) in [6.07, 6.45) is -12.2. The number of carbonyl (C=O) groups is 1. The summed E-state index contributed by atoms with van der Waals surface area (Å²) in [7, 11) is 0. The molecule has 12 heteroatoms. The lowest BCUT2D eigenvalue weighted by Gasteiger charge is -2.31. The van der Waals surface area contributed by atoms with Crippen LogP contribution in [0, 0.1) is 13.8 Å². The summed E-state index contributed by atoms with van der Waals surface area (Å²) in [6.45, 7) is 8.20. The lowest BCUT2D eigenvalue weighted by atomic mass is 9.90. The van der Waals surface area contributed by atoms with Crippen LogP contribution in [0.3, 0.4) is 0 Å². The van der Waals surface area contributed by atoms with Crippen LogP contribution in [-0.4, -0.2) is 35.7 Å². The molecule has 0 spiro atoms. The fourth-order valence-corrected chi connectivity index (χ4v) is 4.34. The molecule has 224 valence electrons. The van der Waals surface area contributed by atoms with E-state index in [0.717, 1.165) is 0 Å². The van der Waals surface area contributed by atoms with Crippen LogP contribution in [0.1, 0.15) is 46.0 Å². The average Bonchev–Trinajstić information content (AvgIpc) is 2.93. The summed E-state index contributed by atoms with van der Waals surface area (Å²) in [5.41, 5.74) is -5.19. The molecule has 0 aromatic heterocycles. The molecule has 0 saturated heterocycles. The topological polar surface area (TPSA) is 64.9 Å². The van der Waals surface area contributed by atoms with Gasteiger partial charge in [-0.05, 0) is 61.7 Å². The Kier molecular flexibility index (Phi) is 9.39. The number of carbonyl (C=O) groups excluding carboxylic acids is 1. The molecule has 0 fully saturated rings. The van der Waals surface area contributed by atoms with Gasteiger partial charge in [0.25, 0.3) is 5.91 Å². The van der Waals surface area contributed by atoms with Gasteiger partial charge in [-0.2, -0.15) is 26.3 Å². The molecule has 2 N–H and O–H groups in total. The summed E-state index contributed by atoms with van der Waals surface area (Å²) < 4.78 is 94.4. The van der Waals surface area contributed by atoms with E-state index < -0.39 is 23.6 Å². The van der Waals surface area contributed by atoms with E-state index in [1.165, 1.54) is 18.7 Å². The maximum absolute atomic E-state index is 14.7. The first kappa shape index (κ1) is 32.2. The van der Waals surface area contributed by atoms with E-state index in [0.29, 0.717) is 34.7 Å². The van der Waals surface area contributed by atoms with Crippen molar-refractivity contribution in [1.82, 2.24) is 0 Å². The molecule has 0 unspecified atom stereocenters. The highest BCUT2D eigenvalue weighted by Crippen LogP contribution is 2.53. The zero-order valence-corrected chi connectivity index (χ0v) is 22.9. The van der Waals surface area contributed by atoms with Crippen LogP contribution in [0.4, 0.5) is 42.1 Å². The molecule has 3 rings (SSSR count). The minimum Gasteiger partial charge on any atom is -0.411 e. The molecule has 5 nitrogen and oxygen atoms in total. The Morgan fingerprint density at radius 1 is 0.881 bits per heavy atom. The van der Waals surface area contributed by atoms with E-state index in [9.17, 15) is 35.5 Å². The predicted molar refractivity (Wildman–Crippen MR) is 148 cm³/mol. The van der Waals surface area contributed by atoms with Crippen molar-refractivity contribution in [2.45, 2.75) is 45.2 Å². The quantitative estimate of drug-likeness (QED) is 0.113. The molecule has 0 heterocycles. The van der Waals surface area contributed by atoms with Gasteiger partial charge in [-0.25, -0.2) is 4.39 Å². The minimum absolute atomic E-state index is 0.0718. The lowest BCUT2D eigenvalue weighted by Crippen LogP contribution is -2.50. The van der Waals surface area contributed by atoms with Crippen molar-refractivity contribution in [3.63, 3.8) is 0 Å². The lowest BCUT2D eigenvalue weighted by molar-refractivity contribution is -0.348. The van der Waals surface area contributed by atoms with E-state index in [1.54, 1.807) is 61.5 Å². The molecular formula is C30H28F7N3O2. The van der Waals surface area contributed by atoms with Crippen molar-refractivity contribution in [3.05, 3.63) is 101 Å². The molecule has 0 atom stereocenters. The maximum atomic E-state index is 14.7. The van der Waals surface area contributed by atoms with Crippen LogP contribution < -0.4 is 10.2 Å². The number of alkyl halides is 7. The number of nitrogens with zero attached hydrogens (tertiary/aromatic N) is 2. The Morgan fingerprint density at radius 3 is 1.95 bits per heavy atom. The molecule has 0 bridgehead atoms. The summed E-state index contributed by atoms with van der Waals surface area (Å²) >= 11 is 0. The SMILES string of the molecule is C=C(Nc1c(C)cc(C(F)(C(F)(F)F)C(F)(F)F)cc1C)c1cccc(N(CC/C(C)=N/O)C(=O)c2ccccc2)c1. The van der Waals surface area contributed by atoms with Gasteiger partial charge in [0, 0.05) is 41.2 Å². The molecule has 0 saturated carbocycles. The van der Waals surface area contributed by atoms with Gasteiger partial charge in [0.15, 0.2) is 0 Å². The van der Waals surface area contributed by atoms with E-state index in [1.807, 2.05) is 0 Å². The van der Waals surface area contributed by atoms with Gasteiger partial charge in [0.2, 0.25) is 0 Å². The molecule has 0 aliphatic heterocycles. The van der Waals surface area contributed by atoms with Gasteiger partial charge in [-0.15, -0.1) is 0 Å². The van der Waals surface area contributed by atoms with E-state index in [4.69, 9.17) is 5.21 Å². The number of amides is 1. The number of hydrogen-bond acceptors (Lipinski definition) is 4. The highest BCUT2D eigenvalue weighted by molar-refractivity contribution is 6.06. The van der Waals surface area contributed by atoms with E-state index >= 15 is 0 Å². The second-order valence-corrected chi connectivity index (χ2v) is 9.70. The zero-order chi connectivity index (χ0) is 31.5. The molecule has 3 aromatic carbocycles. The number of benzene rings is 3. The molecule has 0 radical (unpaired) electrons. The smallest absolute Gasteiger partial charge is 0.411 e. The number of hydrogen-bond donors (Lipinski definition) is 2. The fraction of sp³-hybridized carbons (Fsp3) is 0.267. The Morgan fingerprint density at radius 2 is 1.43 bits per heavy atom. The monoisotopic (exact) mass is 595 g/mol. The molecule has 3 aromatic rings. The van der Waals surface area contributed by atoms with Crippen LogP contribution in [0.15, 0.2) is 78.5 Å². The van der Waals surface area contributed by atoms with Crippen molar-refractivity contribution >= 4 is 28.7 Å². The highest BCUT2D eigenvalue weighted by atomic mass is 19.4. The minimum atomic E-state index is -6.23. The first-order valence-electron chi connectivity index (χ1n) is 12.6. The van der Waals surface area contributed by atoms with E-state index in [2.05, 4.69) is 17.1 Å². The van der Waals surface area contributed by atoms with Crippen LogP contribution >= 0.6 is 0 Å². The zero-order valence-electron chi connectivity index (χ0n) is 22.9. The summed E-state index contributed by atoms with van der Waals surface area (Å²) in [6, 6.07) is 16.1. The van der Waals surface area contributed by atoms with Gasteiger partial charge in [-0.3, -0.25) is 4.79 Å². The number of rotatable bonds is 9. The number of aryl methyl sites for hydroxylation is 2. The third-order valence-corrected chi connectivity index (χ3v) is 6.63. The van der Waals surface area contributed by atoms with Crippen molar-refractivity contribution in [2.24, 2.45) is 5.16 Å². The molecule has 0 aliphatic rings. The maximum Gasteiger partial charge on any atom is 0.435 e. The molecule has 0 aliphatic carbocycles. The van der Waals surface area contributed by atoms with Gasteiger partial charge >= 0.3 is 18.0 Å². The van der Waals surface area contributed by atoms with Crippen LogP contribution in [0.2, 0.25) is 0 Å². The number of oxime groups is 1. The second-order valence-electron chi connectivity index (χ2n) is 9.70. The van der Waals surface area contributed by atoms with Crippen LogP contribution in [0.25, 0.3) is 5.70 Å². The fourth-order valence-electron chi connectivity index (χ4n) is 4.34. The van der Waals surface area contributed by atoms with Crippen molar-refractivity contribution in [2.75, 3.05) is 16.8 Å². The number of halogens is 7. The summed E-state index contributed by atoms with van der Waals surface area (Å²) in [5.74, 6) is -0.330. The molecule has 1 amide bonds. The first-order chi connectivity index (χ1) is 19.5. The number of anilines is 2. The third-order valence-electron chi connectivity index (χ3n) is 6.63. The van der Waals surface area contributed by atoms with Crippen molar-refractivity contribution < 1.29 is 40.7 Å². The first-order valence-corrected chi connectivity index (χ1v) is 12.6. The van der Waals surface area contributed by atoms with Crippen molar-refractivity contribution in [1.29, 1.82) is 0 Å². The summed E-state index contributed by atoms with van der Waals surface area (Å²) in [5, 5.41) is 15.1. The van der Waals surface area contributed by atoms with Crippen molar-refractivity contribution in [3.8, 4) is 0 Å². The average molecular weight is 596 g/mol. The Bertz CT molecular complexity index is 1450. The second kappa shape index (κ2) is 12.3. The molecular weight excluding hydrogens is 567 g/mol. The molecule has 42 heavy (non-hydrogen) atoms. The van der Waals surface area contributed by atoms with Crippen LogP contribution in [0.5, 0.6) is 0 Å². The highest BCUT2D eigenvalue weighted by Gasteiger charge is 2.73.